The molecular weight excluding hydrogens is 266 g/mol. The molecule has 1 heterocycles. The first-order chi connectivity index (χ1) is 9.13. The summed E-state index contributed by atoms with van der Waals surface area (Å²) in [5, 5.41) is 6.16. The number of nitrogens with one attached hydrogen (secondary N) is 2. The Balaban J connectivity index is 1.94. The fourth-order valence-corrected chi connectivity index (χ4v) is 2.24. The molecule has 0 saturated heterocycles. The number of carbonyl (C=O) groups excluding carboxylic acids is 1. The van der Waals surface area contributed by atoms with Crippen LogP contribution < -0.4 is 10.6 Å². The summed E-state index contributed by atoms with van der Waals surface area (Å²) in [6, 6.07) is 3.55. The average molecular weight is 284 g/mol. The van der Waals surface area contributed by atoms with Crippen molar-refractivity contribution in [1.82, 2.24) is 10.3 Å². The van der Waals surface area contributed by atoms with Gasteiger partial charge in [-0.3, -0.25) is 4.79 Å². The van der Waals surface area contributed by atoms with Crippen LogP contribution in [0.3, 0.4) is 0 Å². The number of anilines is 1. The summed E-state index contributed by atoms with van der Waals surface area (Å²) in [4.78, 5) is 16.2. The maximum Gasteiger partial charge on any atom is 0.271 e. The molecule has 0 radical (unpaired) electrons. The monoisotopic (exact) mass is 283 g/mol. The van der Waals surface area contributed by atoms with Crippen molar-refractivity contribution >= 4 is 23.3 Å². The van der Waals surface area contributed by atoms with E-state index in [2.05, 4.69) is 15.6 Å². The van der Waals surface area contributed by atoms with Crippen molar-refractivity contribution in [3.63, 3.8) is 0 Å². The van der Waals surface area contributed by atoms with E-state index in [-0.39, 0.29) is 23.7 Å². The van der Waals surface area contributed by atoms with Gasteiger partial charge in [0.1, 0.15) is 11.5 Å². The maximum absolute atomic E-state index is 12.1. The van der Waals surface area contributed by atoms with Crippen LogP contribution in [-0.2, 0) is 4.74 Å². The van der Waals surface area contributed by atoms with Gasteiger partial charge < -0.3 is 15.4 Å². The van der Waals surface area contributed by atoms with Crippen LogP contribution in [0, 0.1) is 0 Å². The van der Waals surface area contributed by atoms with Crippen molar-refractivity contribution in [3.05, 3.63) is 22.8 Å². The van der Waals surface area contributed by atoms with Gasteiger partial charge in [0.15, 0.2) is 0 Å². The predicted octanol–water partition coefficient (Wildman–Crippen LogP) is 2.07. The van der Waals surface area contributed by atoms with Gasteiger partial charge in [-0.1, -0.05) is 11.6 Å². The van der Waals surface area contributed by atoms with E-state index in [1.54, 1.807) is 19.2 Å². The lowest BCUT2D eigenvalue weighted by Crippen LogP contribution is -2.48. The largest absolute Gasteiger partial charge is 0.378 e. The van der Waals surface area contributed by atoms with Crippen molar-refractivity contribution in [1.29, 1.82) is 0 Å². The van der Waals surface area contributed by atoms with Crippen molar-refractivity contribution in [2.24, 2.45) is 0 Å². The summed E-state index contributed by atoms with van der Waals surface area (Å²) >= 11 is 6.00. The van der Waals surface area contributed by atoms with Crippen molar-refractivity contribution in [2.45, 2.75) is 31.9 Å². The normalized spacial score (nSPS) is 21.6. The predicted molar refractivity (Wildman–Crippen MR) is 74.7 cm³/mol. The van der Waals surface area contributed by atoms with E-state index in [0.717, 1.165) is 12.8 Å². The fourth-order valence-electron chi connectivity index (χ4n) is 2.05. The first-order valence-corrected chi connectivity index (χ1v) is 6.78. The second kappa shape index (κ2) is 6.21. The van der Waals surface area contributed by atoms with Crippen LogP contribution in [0.25, 0.3) is 0 Å². The van der Waals surface area contributed by atoms with E-state index < -0.39 is 0 Å². The third-order valence-corrected chi connectivity index (χ3v) is 3.45. The highest BCUT2D eigenvalue weighted by molar-refractivity contribution is 6.33. The van der Waals surface area contributed by atoms with Crippen molar-refractivity contribution in [2.75, 3.05) is 19.0 Å². The first-order valence-electron chi connectivity index (χ1n) is 6.40. The molecule has 104 valence electrons. The zero-order valence-corrected chi connectivity index (χ0v) is 11.8. The number of aromatic nitrogens is 1. The minimum absolute atomic E-state index is 0.153. The summed E-state index contributed by atoms with van der Waals surface area (Å²) in [6.07, 6.45) is 1.97. The lowest BCUT2D eigenvalue weighted by molar-refractivity contribution is -0.00866. The van der Waals surface area contributed by atoms with E-state index in [9.17, 15) is 4.79 Å². The summed E-state index contributed by atoms with van der Waals surface area (Å²) < 4.78 is 5.45. The number of hydrogen-bond donors (Lipinski definition) is 2. The quantitative estimate of drug-likeness (QED) is 0.868. The highest BCUT2D eigenvalue weighted by Crippen LogP contribution is 2.24. The third kappa shape index (κ3) is 3.36. The van der Waals surface area contributed by atoms with Crippen LogP contribution in [-0.4, -0.2) is 36.7 Å². The number of nitrogens with zero attached hydrogens (tertiary/aromatic N) is 1. The van der Waals surface area contributed by atoms with E-state index in [0.29, 0.717) is 17.4 Å². The molecule has 0 bridgehead atoms. The van der Waals surface area contributed by atoms with Gasteiger partial charge in [0.25, 0.3) is 5.91 Å². The van der Waals surface area contributed by atoms with Gasteiger partial charge in [0.05, 0.1) is 11.1 Å². The van der Waals surface area contributed by atoms with Crippen LogP contribution in [0.2, 0.25) is 5.02 Å². The molecular formula is C13H18ClN3O2. The Morgan fingerprint density at radius 2 is 2.26 bits per heavy atom. The Hall–Kier alpha value is -1.33. The number of halogens is 1. The second-order valence-corrected chi connectivity index (χ2v) is 4.90. The molecule has 0 unspecified atom stereocenters. The number of amides is 1. The lowest BCUT2D eigenvalue weighted by atomic mass is 9.89. The van der Waals surface area contributed by atoms with Gasteiger partial charge in [-0.05, 0) is 31.9 Å². The van der Waals surface area contributed by atoms with Gasteiger partial charge in [0, 0.05) is 19.7 Å². The topological polar surface area (TPSA) is 63.2 Å². The van der Waals surface area contributed by atoms with Crippen LogP contribution in [0.5, 0.6) is 0 Å². The van der Waals surface area contributed by atoms with Gasteiger partial charge in [-0.2, -0.15) is 0 Å². The molecule has 0 aliphatic heterocycles. The van der Waals surface area contributed by atoms with Gasteiger partial charge in [-0.25, -0.2) is 4.98 Å². The van der Waals surface area contributed by atoms with E-state index in [1.807, 2.05) is 6.92 Å². The highest BCUT2D eigenvalue weighted by atomic mass is 35.5. The molecule has 1 aliphatic carbocycles. The Morgan fingerprint density at radius 3 is 2.89 bits per heavy atom. The molecule has 5 nitrogen and oxygen atoms in total. The number of rotatable bonds is 5. The molecule has 2 rings (SSSR count). The van der Waals surface area contributed by atoms with Crippen molar-refractivity contribution in [3.8, 4) is 0 Å². The fraction of sp³-hybridized carbons (Fsp3) is 0.538. The van der Waals surface area contributed by atoms with Gasteiger partial charge in [-0.15, -0.1) is 0 Å². The molecule has 1 aromatic rings. The molecule has 1 amide bonds. The van der Waals surface area contributed by atoms with E-state index >= 15 is 0 Å². The Morgan fingerprint density at radius 1 is 1.53 bits per heavy atom. The molecule has 1 fully saturated rings. The molecule has 0 atom stereocenters. The maximum atomic E-state index is 12.1. The Kier molecular flexibility index (Phi) is 4.61. The minimum Gasteiger partial charge on any atom is -0.378 e. The van der Waals surface area contributed by atoms with Gasteiger partial charge in [0.2, 0.25) is 0 Å². The minimum atomic E-state index is -0.234. The summed E-state index contributed by atoms with van der Waals surface area (Å²) in [6.45, 7) is 2.68. The van der Waals surface area contributed by atoms with E-state index in [1.165, 1.54) is 0 Å². The number of pyridine rings is 1. The van der Waals surface area contributed by atoms with Gasteiger partial charge >= 0.3 is 0 Å². The second-order valence-electron chi connectivity index (χ2n) is 4.50. The smallest absolute Gasteiger partial charge is 0.271 e. The van der Waals surface area contributed by atoms with Crippen LogP contribution >= 0.6 is 11.6 Å². The van der Waals surface area contributed by atoms with Crippen LogP contribution in [0.1, 0.15) is 30.3 Å². The molecule has 2 N–H and O–H groups in total. The number of carbonyl (C=O) groups is 1. The zero-order valence-electron chi connectivity index (χ0n) is 11.1. The molecule has 19 heavy (non-hydrogen) atoms. The number of hydrogen-bond acceptors (Lipinski definition) is 4. The molecule has 1 aromatic heterocycles. The summed E-state index contributed by atoms with van der Waals surface area (Å²) in [5.74, 6) is 0.386. The molecule has 1 saturated carbocycles. The molecule has 6 heteroatoms. The molecule has 1 aliphatic rings. The van der Waals surface area contributed by atoms with Crippen molar-refractivity contribution < 1.29 is 9.53 Å². The van der Waals surface area contributed by atoms with Crippen LogP contribution in [0.4, 0.5) is 5.82 Å². The third-order valence-electron chi connectivity index (χ3n) is 3.15. The highest BCUT2D eigenvalue weighted by Gasteiger charge is 2.31. The summed E-state index contributed by atoms with van der Waals surface area (Å²) in [5.41, 5.74) is 0.258. The standard InChI is InChI=1S/C13H18ClN3O2/c1-3-19-9-6-8(7-9)16-13(18)12-10(14)4-5-11(15-2)17-12/h4-5,8-9H,3,6-7H2,1-2H3,(H,15,17)(H,16,18). The summed E-state index contributed by atoms with van der Waals surface area (Å²) in [7, 11) is 1.75. The first kappa shape index (κ1) is 14.1. The average Bonchev–Trinajstić information content (AvgIpc) is 2.36. The SMILES string of the molecule is CCOC1CC(NC(=O)c2nc(NC)ccc2Cl)C1. The van der Waals surface area contributed by atoms with Crippen LogP contribution in [0.15, 0.2) is 12.1 Å². The Bertz CT molecular complexity index is 461. The van der Waals surface area contributed by atoms with E-state index in [4.69, 9.17) is 16.3 Å². The molecule has 0 spiro atoms. The number of ether oxygens (including phenoxy) is 1. The zero-order chi connectivity index (χ0) is 13.8. The molecule has 0 aromatic carbocycles. The Labute approximate surface area is 117 Å². The lowest BCUT2D eigenvalue weighted by Gasteiger charge is -2.35.